The molecular weight excluding hydrogens is 223 g/mol. The second-order valence-corrected chi connectivity index (χ2v) is 5.83. The second kappa shape index (κ2) is 5.21. The van der Waals surface area contributed by atoms with E-state index in [4.69, 9.17) is 4.74 Å². The third-order valence-corrected chi connectivity index (χ3v) is 2.45. The van der Waals surface area contributed by atoms with Crippen molar-refractivity contribution in [1.29, 1.82) is 0 Å². The molecule has 0 aromatic rings. The van der Waals surface area contributed by atoms with Crippen molar-refractivity contribution in [3.05, 3.63) is 0 Å². The zero-order chi connectivity index (χ0) is 13.2. The monoisotopic (exact) mass is 246 g/mol. The maximum atomic E-state index is 13.7. The first-order valence-corrected chi connectivity index (χ1v) is 6.07. The number of amides is 1. The molecule has 0 bridgehead atoms. The Balaban J connectivity index is 2.51. The smallest absolute Gasteiger partial charge is 0.410 e. The number of carbonyl (C=O) groups excluding carboxylic acids is 1. The maximum absolute atomic E-state index is 13.7. The largest absolute Gasteiger partial charge is 0.444 e. The van der Waals surface area contributed by atoms with Crippen LogP contribution in [0.25, 0.3) is 0 Å². The fraction of sp³-hybridized carbons (Fsp3) is 0.917. The van der Waals surface area contributed by atoms with Gasteiger partial charge in [0.15, 0.2) is 0 Å². The predicted octanol–water partition coefficient (Wildman–Crippen LogP) is 1.94. The SMILES string of the molecule is CC(C)N[C@H]1CN(C(=O)OC(C)(C)C)C[C@@H]1F. The Hall–Kier alpha value is -0.840. The number of hydrogen-bond acceptors (Lipinski definition) is 3. The summed E-state index contributed by atoms with van der Waals surface area (Å²) in [7, 11) is 0. The van der Waals surface area contributed by atoms with Crippen molar-refractivity contribution < 1.29 is 13.9 Å². The summed E-state index contributed by atoms with van der Waals surface area (Å²) in [5, 5.41) is 3.11. The molecule has 1 amide bonds. The van der Waals surface area contributed by atoms with Crippen molar-refractivity contribution in [2.45, 2.75) is 58.5 Å². The van der Waals surface area contributed by atoms with Gasteiger partial charge in [0.25, 0.3) is 0 Å². The number of halogens is 1. The highest BCUT2D eigenvalue weighted by atomic mass is 19.1. The lowest BCUT2D eigenvalue weighted by Crippen LogP contribution is -2.42. The molecule has 100 valence electrons. The number of likely N-dealkylation sites (tertiary alicyclic amines) is 1. The van der Waals surface area contributed by atoms with Crippen molar-refractivity contribution in [3.63, 3.8) is 0 Å². The maximum Gasteiger partial charge on any atom is 0.410 e. The van der Waals surface area contributed by atoms with Gasteiger partial charge in [0.2, 0.25) is 0 Å². The summed E-state index contributed by atoms with van der Waals surface area (Å²) in [6, 6.07) is -0.0839. The lowest BCUT2D eigenvalue weighted by molar-refractivity contribution is 0.0282. The highest BCUT2D eigenvalue weighted by molar-refractivity contribution is 5.68. The number of nitrogens with zero attached hydrogens (tertiary/aromatic N) is 1. The minimum atomic E-state index is -1.02. The van der Waals surface area contributed by atoms with Gasteiger partial charge >= 0.3 is 6.09 Å². The fourth-order valence-electron chi connectivity index (χ4n) is 1.82. The van der Waals surface area contributed by atoms with E-state index in [1.165, 1.54) is 4.90 Å². The lowest BCUT2D eigenvalue weighted by atomic mass is 10.2. The van der Waals surface area contributed by atoms with E-state index >= 15 is 0 Å². The van der Waals surface area contributed by atoms with E-state index in [0.29, 0.717) is 6.54 Å². The van der Waals surface area contributed by atoms with Crippen LogP contribution in [0.1, 0.15) is 34.6 Å². The Bertz CT molecular complexity index is 276. The van der Waals surface area contributed by atoms with Crippen LogP contribution < -0.4 is 5.32 Å². The number of hydrogen-bond donors (Lipinski definition) is 1. The Morgan fingerprint density at radius 1 is 1.41 bits per heavy atom. The molecule has 1 saturated heterocycles. The molecule has 1 aliphatic heterocycles. The zero-order valence-electron chi connectivity index (χ0n) is 11.3. The van der Waals surface area contributed by atoms with Crippen molar-refractivity contribution in [2.75, 3.05) is 13.1 Å². The summed E-state index contributed by atoms with van der Waals surface area (Å²) < 4.78 is 18.9. The molecule has 1 fully saturated rings. The first-order chi connectivity index (χ1) is 7.69. The molecule has 17 heavy (non-hydrogen) atoms. The highest BCUT2D eigenvalue weighted by Crippen LogP contribution is 2.18. The number of alkyl halides is 1. The summed E-state index contributed by atoms with van der Waals surface area (Å²) in [5.41, 5.74) is -0.535. The molecule has 1 rings (SSSR count). The topological polar surface area (TPSA) is 41.6 Å². The van der Waals surface area contributed by atoms with Crippen molar-refractivity contribution in [2.24, 2.45) is 0 Å². The number of rotatable bonds is 2. The molecule has 0 saturated carbocycles. The van der Waals surface area contributed by atoms with Crippen LogP contribution in [0.15, 0.2) is 0 Å². The third kappa shape index (κ3) is 4.50. The van der Waals surface area contributed by atoms with Crippen LogP contribution >= 0.6 is 0 Å². The first kappa shape index (κ1) is 14.2. The van der Waals surface area contributed by atoms with Gasteiger partial charge in [-0.2, -0.15) is 0 Å². The summed E-state index contributed by atoms with van der Waals surface area (Å²) in [6.45, 7) is 9.81. The van der Waals surface area contributed by atoms with Gasteiger partial charge in [-0.05, 0) is 20.8 Å². The zero-order valence-corrected chi connectivity index (χ0v) is 11.3. The number of ether oxygens (including phenoxy) is 1. The molecular formula is C12H23FN2O2. The molecule has 0 spiro atoms. The van der Waals surface area contributed by atoms with Crippen molar-refractivity contribution in [1.82, 2.24) is 10.2 Å². The Morgan fingerprint density at radius 2 is 2.00 bits per heavy atom. The summed E-state index contributed by atoms with van der Waals surface area (Å²) in [5.74, 6) is 0. The van der Waals surface area contributed by atoms with Crippen LogP contribution in [0.2, 0.25) is 0 Å². The molecule has 1 heterocycles. The standard InChI is InChI=1S/C12H23FN2O2/c1-8(2)14-10-7-15(6-9(10)13)11(16)17-12(3,4)5/h8-10,14H,6-7H2,1-5H3/t9-,10-/m0/s1. The van der Waals surface area contributed by atoms with Gasteiger partial charge in [0, 0.05) is 12.6 Å². The van der Waals surface area contributed by atoms with Gasteiger partial charge < -0.3 is 15.0 Å². The van der Waals surface area contributed by atoms with Gasteiger partial charge in [-0.15, -0.1) is 0 Å². The Kier molecular flexibility index (Phi) is 4.36. The van der Waals surface area contributed by atoms with E-state index in [0.717, 1.165) is 0 Å². The normalized spacial score (nSPS) is 25.5. The van der Waals surface area contributed by atoms with Gasteiger partial charge in [0.1, 0.15) is 11.8 Å². The fourth-order valence-corrected chi connectivity index (χ4v) is 1.82. The van der Waals surface area contributed by atoms with Crippen LogP contribution in [0.4, 0.5) is 9.18 Å². The molecule has 0 unspecified atom stereocenters. The summed E-state index contributed by atoms with van der Waals surface area (Å²) in [4.78, 5) is 13.2. The van der Waals surface area contributed by atoms with E-state index in [2.05, 4.69) is 5.32 Å². The van der Waals surface area contributed by atoms with Crippen LogP contribution in [0.5, 0.6) is 0 Å². The molecule has 2 atom stereocenters. The average molecular weight is 246 g/mol. The number of carbonyl (C=O) groups is 1. The van der Waals surface area contributed by atoms with E-state index in [1.807, 2.05) is 13.8 Å². The Morgan fingerprint density at radius 3 is 2.47 bits per heavy atom. The van der Waals surface area contributed by atoms with Crippen LogP contribution in [0.3, 0.4) is 0 Å². The van der Waals surface area contributed by atoms with Gasteiger partial charge in [-0.1, -0.05) is 13.8 Å². The average Bonchev–Trinajstić information content (AvgIpc) is 2.44. The number of nitrogens with one attached hydrogen (secondary N) is 1. The molecule has 0 radical (unpaired) electrons. The van der Waals surface area contributed by atoms with Gasteiger partial charge in [-0.3, -0.25) is 0 Å². The van der Waals surface area contributed by atoms with Crippen LogP contribution in [-0.2, 0) is 4.74 Å². The summed E-state index contributed by atoms with van der Waals surface area (Å²) >= 11 is 0. The van der Waals surface area contributed by atoms with Gasteiger partial charge in [-0.25, -0.2) is 9.18 Å². The quantitative estimate of drug-likeness (QED) is 0.809. The van der Waals surface area contributed by atoms with Crippen molar-refractivity contribution in [3.8, 4) is 0 Å². The Labute approximate surface area is 102 Å². The minimum absolute atomic E-state index is 0.110. The summed E-state index contributed by atoms with van der Waals surface area (Å²) in [6.07, 6.45) is -1.46. The lowest BCUT2D eigenvalue weighted by Gasteiger charge is -2.24. The highest BCUT2D eigenvalue weighted by Gasteiger charge is 2.37. The van der Waals surface area contributed by atoms with Crippen molar-refractivity contribution >= 4 is 6.09 Å². The van der Waals surface area contributed by atoms with E-state index in [9.17, 15) is 9.18 Å². The van der Waals surface area contributed by atoms with Crippen LogP contribution in [0, 0.1) is 0 Å². The second-order valence-electron chi connectivity index (χ2n) is 5.83. The van der Waals surface area contributed by atoms with E-state index in [1.54, 1.807) is 20.8 Å². The van der Waals surface area contributed by atoms with Crippen LogP contribution in [-0.4, -0.2) is 47.9 Å². The predicted molar refractivity (Wildman–Crippen MR) is 64.8 cm³/mol. The molecule has 5 heteroatoms. The molecule has 4 nitrogen and oxygen atoms in total. The van der Waals surface area contributed by atoms with Gasteiger partial charge in [0.05, 0.1) is 12.6 Å². The third-order valence-electron chi connectivity index (χ3n) is 2.45. The molecule has 0 aromatic carbocycles. The van der Waals surface area contributed by atoms with E-state index < -0.39 is 17.9 Å². The molecule has 0 aromatic heterocycles. The van der Waals surface area contributed by atoms with E-state index in [-0.39, 0.29) is 18.6 Å². The molecule has 1 aliphatic rings. The first-order valence-electron chi connectivity index (χ1n) is 6.07. The minimum Gasteiger partial charge on any atom is -0.444 e. The molecule has 1 N–H and O–H groups in total. The molecule has 0 aliphatic carbocycles.